The minimum atomic E-state index is -4.15. The van der Waals surface area contributed by atoms with Crippen molar-refractivity contribution in [3.8, 4) is 0 Å². The maximum Gasteiger partial charge on any atom is 0.615 e. The summed E-state index contributed by atoms with van der Waals surface area (Å²) in [5, 5.41) is 0. The average Bonchev–Trinajstić information content (AvgIpc) is 2.52. The molecular formula is C18H19BrNO4S+. The van der Waals surface area contributed by atoms with E-state index in [1.54, 1.807) is 69.3 Å². The molecule has 2 rings (SSSR count). The standard InChI is InChI=1S/C18H19BrNO4S/c1-18(2,3)24-17(21)20(13-14-9-5-4-6-10-14)25(22,23)16-12-8-7-11-15(16)19/h4-13H,1-3H3/q+1/b20-13+. The van der Waals surface area contributed by atoms with Gasteiger partial charge in [0.1, 0.15) is 10.5 Å². The Morgan fingerprint density at radius 3 is 2.16 bits per heavy atom. The molecule has 1 amide bonds. The summed E-state index contributed by atoms with van der Waals surface area (Å²) in [6.07, 6.45) is 0.287. The lowest BCUT2D eigenvalue weighted by Gasteiger charge is -2.16. The molecule has 0 atom stereocenters. The zero-order valence-electron chi connectivity index (χ0n) is 14.1. The van der Waals surface area contributed by atoms with Crippen molar-refractivity contribution in [3.05, 3.63) is 64.6 Å². The quantitative estimate of drug-likeness (QED) is 0.546. The van der Waals surface area contributed by atoms with E-state index in [2.05, 4.69) is 15.9 Å². The number of carbonyl (C=O) groups is 1. The van der Waals surface area contributed by atoms with Crippen LogP contribution in [0.1, 0.15) is 26.3 Å². The first-order valence-electron chi connectivity index (χ1n) is 7.53. The second kappa shape index (κ2) is 7.49. The molecule has 0 saturated heterocycles. The van der Waals surface area contributed by atoms with E-state index in [0.29, 0.717) is 14.0 Å². The van der Waals surface area contributed by atoms with Crippen molar-refractivity contribution in [2.24, 2.45) is 0 Å². The highest BCUT2D eigenvalue weighted by Gasteiger charge is 2.39. The number of hydrogen-bond donors (Lipinski definition) is 0. The van der Waals surface area contributed by atoms with Gasteiger partial charge in [-0.05, 0) is 64.9 Å². The minimum Gasteiger partial charge on any atom is -0.405 e. The normalized spacial score (nSPS) is 12.7. The first-order valence-corrected chi connectivity index (χ1v) is 9.76. The molecule has 0 radical (unpaired) electrons. The molecule has 2 aromatic carbocycles. The van der Waals surface area contributed by atoms with Crippen molar-refractivity contribution in [3.63, 3.8) is 0 Å². The SMILES string of the molecule is CC(C)(C)OC(=O)/[N+](=C\c1ccccc1)S(=O)(=O)c1ccccc1Br. The number of nitrogens with zero attached hydrogens (tertiary/aromatic N) is 1. The van der Waals surface area contributed by atoms with Crippen LogP contribution in [0.15, 0.2) is 64.0 Å². The van der Waals surface area contributed by atoms with E-state index in [1.807, 2.05) is 0 Å². The van der Waals surface area contributed by atoms with E-state index >= 15 is 0 Å². The van der Waals surface area contributed by atoms with Crippen LogP contribution in [0.25, 0.3) is 0 Å². The van der Waals surface area contributed by atoms with Crippen LogP contribution in [-0.4, -0.2) is 30.3 Å². The third-order valence-electron chi connectivity index (χ3n) is 3.01. The fourth-order valence-corrected chi connectivity index (χ4v) is 4.13. The van der Waals surface area contributed by atoms with Crippen LogP contribution >= 0.6 is 15.9 Å². The van der Waals surface area contributed by atoms with Crippen molar-refractivity contribution < 1.29 is 21.9 Å². The molecule has 0 fully saturated rings. The molecular weight excluding hydrogens is 406 g/mol. The van der Waals surface area contributed by atoms with Gasteiger partial charge in [-0.25, -0.2) is 0 Å². The molecule has 0 heterocycles. The van der Waals surface area contributed by atoms with Crippen LogP contribution in [0.5, 0.6) is 0 Å². The van der Waals surface area contributed by atoms with Crippen molar-refractivity contribution in [2.75, 3.05) is 0 Å². The van der Waals surface area contributed by atoms with Crippen LogP contribution in [-0.2, 0) is 14.8 Å². The lowest BCUT2D eigenvalue weighted by atomic mass is 10.2. The smallest absolute Gasteiger partial charge is 0.405 e. The molecule has 0 aliphatic heterocycles. The zero-order valence-corrected chi connectivity index (χ0v) is 16.5. The predicted molar refractivity (Wildman–Crippen MR) is 99.4 cm³/mol. The van der Waals surface area contributed by atoms with Gasteiger partial charge in [-0.15, -0.1) is 0 Å². The second-order valence-corrected chi connectivity index (χ2v) is 8.89. The monoisotopic (exact) mass is 424 g/mol. The van der Waals surface area contributed by atoms with E-state index in [9.17, 15) is 13.2 Å². The number of rotatable bonds is 3. The van der Waals surface area contributed by atoms with Crippen molar-refractivity contribution in [1.82, 2.24) is 0 Å². The highest BCUT2D eigenvalue weighted by molar-refractivity contribution is 9.10. The third kappa shape index (κ3) is 4.99. The Morgan fingerprint density at radius 2 is 1.60 bits per heavy atom. The van der Waals surface area contributed by atoms with Gasteiger partial charge in [-0.3, -0.25) is 0 Å². The van der Waals surface area contributed by atoms with Gasteiger partial charge < -0.3 is 4.74 Å². The van der Waals surface area contributed by atoms with Gasteiger partial charge in [-0.2, -0.15) is 13.2 Å². The van der Waals surface area contributed by atoms with Gasteiger partial charge in [0.25, 0.3) is 0 Å². The van der Waals surface area contributed by atoms with E-state index in [0.717, 1.165) is 0 Å². The van der Waals surface area contributed by atoms with E-state index in [-0.39, 0.29) is 4.90 Å². The molecule has 5 nitrogen and oxygen atoms in total. The number of sulfonamides is 1. The maximum absolute atomic E-state index is 13.0. The summed E-state index contributed by atoms with van der Waals surface area (Å²) in [4.78, 5) is 12.6. The van der Waals surface area contributed by atoms with Crippen molar-refractivity contribution in [2.45, 2.75) is 31.3 Å². The van der Waals surface area contributed by atoms with Crippen molar-refractivity contribution in [1.29, 1.82) is 0 Å². The second-order valence-electron chi connectivity index (χ2n) is 6.25. The van der Waals surface area contributed by atoms with Gasteiger partial charge in [0.15, 0.2) is 0 Å². The Bertz CT molecular complexity index is 900. The molecule has 25 heavy (non-hydrogen) atoms. The minimum absolute atomic E-state index is 0.0203. The fraction of sp³-hybridized carbons (Fsp3) is 0.222. The molecule has 0 aliphatic carbocycles. The number of amides is 1. The van der Waals surface area contributed by atoms with Gasteiger partial charge in [0.05, 0.1) is 0 Å². The predicted octanol–water partition coefficient (Wildman–Crippen LogP) is 4.20. The Hall–Kier alpha value is -1.99. The number of carbonyl (C=O) groups excluding carboxylic acids is 1. The summed E-state index contributed by atoms with van der Waals surface area (Å²) >= 11 is 3.22. The molecule has 0 saturated carbocycles. The fourth-order valence-electron chi connectivity index (χ4n) is 1.96. The van der Waals surface area contributed by atoms with Gasteiger partial charge in [0, 0.05) is 10.0 Å². The number of hydrogen-bond acceptors (Lipinski definition) is 4. The highest BCUT2D eigenvalue weighted by Crippen LogP contribution is 2.24. The number of ether oxygens (including phenoxy) is 1. The van der Waals surface area contributed by atoms with Crippen molar-refractivity contribution >= 4 is 38.3 Å². The van der Waals surface area contributed by atoms with E-state index in [4.69, 9.17) is 4.74 Å². The van der Waals surface area contributed by atoms with Crippen LogP contribution in [0.4, 0.5) is 4.79 Å². The first kappa shape index (κ1) is 19.3. The molecule has 132 valence electrons. The van der Waals surface area contributed by atoms with Gasteiger partial charge in [0.2, 0.25) is 6.21 Å². The molecule has 0 spiro atoms. The molecule has 0 N–H and O–H groups in total. The number of benzene rings is 2. The summed E-state index contributed by atoms with van der Waals surface area (Å²) in [5.74, 6) is 0. The summed E-state index contributed by atoms with van der Waals surface area (Å²) in [5.41, 5.74) is -0.271. The molecule has 2 aromatic rings. The Morgan fingerprint density at radius 1 is 1.04 bits per heavy atom. The lowest BCUT2D eigenvalue weighted by Crippen LogP contribution is -2.35. The summed E-state index contributed by atoms with van der Waals surface area (Å²) in [7, 11) is -4.15. The van der Waals surface area contributed by atoms with Gasteiger partial charge in [-0.1, -0.05) is 30.3 Å². The van der Waals surface area contributed by atoms with Gasteiger partial charge >= 0.3 is 16.1 Å². The molecule has 7 heteroatoms. The first-order chi connectivity index (χ1) is 11.6. The largest absolute Gasteiger partial charge is 0.615 e. The summed E-state index contributed by atoms with van der Waals surface area (Å²) in [6, 6.07) is 15.0. The topological polar surface area (TPSA) is 63.5 Å². The highest BCUT2D eigenvalue weighted by atomic mass is 79.9. The summed E-state index contributed by atoms with van der Waals surface area (Å²) < 4.78 is 32.4. The number of halogens is 1. The Kier molecular flexibility index (Phi) is 5.80. The van der Waals surface area contributed by atoms with Crippen LogP contribution in [0, 0.1) is 0 Å². The van der Waals surface area contributed by atoms with Crippen LogP contribution < -0.4 is 0 Å². The maximum atomic E-state index is 13.0. The zero-order chi connectivity index (χ0) is 18.7. The molecule has 0 unspecified atom stereocenters. The molecule has 0 bridgehead atoms. The van der Waals surface area contributed by atoms with Crippen LogP contribution in [0.2, 0.25) is 0 Å². The Balaban J connectivity index is 2.61. The molecule has 0 aliphatic rings. The van der Waals surface area contributed by atoms with Crippen LogP contribution in [0.3, 0.4) is 0 Å². The third-order valence-corrected chi connectivity index (χ3v) is 5.65. The Labute approximate surface area is 156 Å². The van der Waals surface area contributed by atoms with E-state index < -0.39 is 21.7 Å². The summed E-state index contributed by atoms with van der Waals surface area (Å²) in [6.45, 7) is 5.03. The van der Waals surface area contributed by atoms with E-state index in [1.165, 1.54) is 12.3 Å². The average molecular weight is 425 g/mol. The molecule has 0 aromatic heterocycles. The lowest BCUT2D eigenvalue weighted by molar-refractivity contribution is -0.290.